The molecule has 2 fully saturated rings. The topological polar surface area (TPSA) is 83.6 Å². The Morgan fingerprint density at radius 3 is 2.52 bits per heavy atom. The third-order valence-corrected chi connectivity index (χ3v) is 6.70. The zero-order chi connectivity index (χ0) is 16.2. The molecule has 0 amide bonds. The number of aromatic nitrogens is 1. The first-order chi connectivity index (χ1) is 10.9. The second-order valence-corrected chi connectivity index (χ2v) is 8.39. The summed E-state index contributed by atoms with van der Waals surface area (Å²) in [6.45, 7) is 2.36. The first-order valence-electron chi connectivity index (χ1n) is 7.62. The fraction of sp³-hybridized carbons (Fsp3) is 0.438. The molecule has 1 aliphatic heterocycles. The van der Waals surface area contributed by atoms with Crippen molar-refractivity contribution in [3.8, 4) is 11.3 Å². The minimum Gasteiger partial charge on any atom is -0.449 e. The van der Waals surface area contributed by atoms with E-state index in [1.54, 1.807) is 37.5 Å². The van der Waals surface area contributed by atoms with E-state index < -0.39 is 16.1 Å². The number of hydrogen-bond acceptors (Lipinski definition) is 5. The van der Waals surface area contributed by atoms with Gasteiger partial charge < -0.3 is 9.52 Å². The van der Waals surface area contributed by atoms with Gasteiger partial charge in [0, 0.05) is 31.0 Å². The van der Waals surface area contributed by atoms with Crippen molar-refractivity contribution in [2.24, 2.45) is 5.41 Å². The van der Waals surface area contributed by atoms with Crippen LogP contribution in [-0.2, 0) is 10.0 Å². The van der Waals surface area contributed by atoms with Crippen LogP contribution in [0.2, 0.25) is 0 Å². The summed E-state index contributed by atoms with van der Waals surface area (Å²) in [5, 5.41) is 10.1. The van der Waals surface area contributed by atoms with E-state index in [1.165, 1.54) is 4.31 Å². The third kappa shape index (κ3) is 2.39. The number of aryl methyl sites for hydroxylation is 1. The first-order valence-corrected chi connectivity index (χ1v) is 9.06. The number of benzene rings is 1. The van der Waals surface area contributed by atoms with Gasteiger partial charge in [0.1, 0.15) is 12.0 Å². The number of nitrogens with zero attached hydrogens (tertiary/aromatic N) is 2. The normalized spacial score (nSPS) is 23.5. The molecule has 2 aromatic rings. The van der Waals surface area contributed by atoms with Crippen LogP contribution in [0.5, 0.6) is 0 Å². The monoisotopic (exact) mass is 334 g/mol. The summed E-state index contributed by atoms with van der Waals surface area (Å²) in [7, 11) is -3.57. The lowest BCUT2D eigenvalue weighted by Crippen LogP contribution is -2.29. The number of oxazole rings is 1. The van der Waals surface area contributed by atoms with Gasteiger partial charge >= 0.3 is 0 Å². The molecular formula is C16H18N2O4S. The van der Waals surface area contributed by atoms with Crippen molar-refractivity contribution < 1.29 is 17.9 Å². The number of sulfonamides is 1. The molecular weight excluding hydrogens is 316 g/mol. The van der Waals surface area contributed by atoms with E-state index in [0.717, 1.165) is 18.4 Å². The molecule has 7 heteroatoms. The van der Waals surface area contributed by atoms with Gasteiger partial charge in [0.05, 0.1) is 11.0 Å². The molecule has 0 radical (unpaired) electrons. The van der Waals surface area contributed by atoms with Gasteiger partial charge in [-0.3, -0.25) is 0 Å². The van der Waals surface area contributed by atoms with Crippen LogP contribution in [0.4, 0.5) is 0 Å². The summed E-state index contributed by atoms with van der Waals surface area (Å²) in [6.07, 6.45) is 2.82. The van der Waals surface area contributed by atoms with Crippen molar-refractivity contribution in [1.29, 1.82) is 0 Å². The van der Waals surface area contributed by atoms with E-state index in [-0.39, 0.29) is 16.9 Å². The number of aliphatic hydroxyl groups excluding tert-OH is 1. The molecule has 1 saturated heterocycles. The van der Waals surface area contributed by atoms with Gasteiger partial charge in [0.2, 0.25) is 10.0 Å². The Balaban J connectivity index is 1.60. The van der Waals surface area contributed by atoms with E-state index in [9.17, 15) is 13.5 Å². The van der Waals surface area contributed by atoms with Crippen LogP contribution in [0.1, 0.15) is 18.7 Å². The highest BCUT2D eigenvalue weighted by atomic mass is 32.2. The summed E-state index contributed by atoms with van der Waals surface area (Å²) in [5.41, 5.74) is 1.30. The summed E-state index contributed by atoms with van der Waals surface area (Å²) in [6, 6.07) is 6.62. The maximum absolute atomic E-state index is 12.7. The minimum absolute atomic E-state index is 0.187. The molecule has 1 atom stereocenters. The Labute approximate surface area is 134 Å². The fourth-order valence-electron chi connectivity index (χ4n) is 3.19. The molecule has 4 rings (SSSR count). The fourth-order valence-corrected chi connectivity index (χ4v) is 4.73. The van der Waals surface area contributed by atoms with Crippen molar-refractivity contribution in [3.63, 3.8) is 0 Å². The second-order valence-electron chi connectivity index (χ2n) is 6.45. The van der Waals surface area contributed by atoms with Gasteiger partial charge in [0.15, 0.2) is 5.89 Å². The summed E-state index contributed by atoms with van der Waals surface area (Å²) in [5.74, 6) is 0.567. The highest BCUT2D eigenvalue weighted by Gasteiger charge is 2.56. The minimum atomic E-state index is -3.57. The second kappa shape index (κ2) is 4.90. The lowest BCUT2D eigenvalue weighted by molar-refractivity contribution is 0.134. The van der Waals surface area contributed by atoms with Crippen molar-refractivity contribution in [2.75, 3.05) is 13.1 Å². The van der Waals surface area contributed by atoms with Crippen LogP contribution >= 0.6 is 0 Å². The van der Waals surface area contributed by atoms with Gasteiger partial charge in [-0.1, -0.05) is 12.1 Å². The van der Waals surface area contributed by atoms with Gasteiger partial charge in [0.25, 0.3) is 0 Å². The van der Waals surface area contributed by atoms with Gasteiger partial charge in [-0.15, -0.1) is 0 Å². The molecule has 1 aliphatic carbocycles. The third-order valence-electron chi connectivity index (χ3n) is 4.87. The number of aliphatic hydroxyl groups is 1. The molecule has 1 spiro atoms. The van der Waals surface area contributed by atoms with Crippen molar-refractivity contribution in [3.05, 3.63) is 36.4 Å². The highest BCUT2D eigenvalue weighted by molar-refractivity contribution is 7.89. The van der Waals surface area contributed by atoms with E-state index in [4.69, 9.17) is 4.42 Å². The molecule has 23 heavy (non-hydrogen) atoms. The standard InChI is InChI=1S/C16H18N2O4S/c1-11-17-14(9-22-11)12-2-4-13(5-3-12)23(20,21)18-8-15(19)16(10-18)6-7-16/h2-5,9,15,19H,6-8,10H2,1H3. The van der Waals surface area contributed by atoms with Crippen LogP contribution in [0.3, 0.4) is 0 Å². The molecule has 1 aromatic heterocycles. The van der Waals surface area contributed by atoms with Crippen LogP contribution in [0.15, 0.2) is 39.8 Å². The van der Waals surface area contributed by atoms with Crippen LogP contribution in [0, 0.1) is 12.3 Å². The first kappa shape index (κ1) is 14.9. The summed E-state index contributed by atoms with van der Waals surface area (Å²) in [4.78, 5) is 4.47. The molecule has 1 aromatic carbocycles. The van der Waals surface area contributed by atoms with E-state index >= 15 is 0 Å². The lowest BCUT2D eigenvalue weighted by atomic mass is 10.0. The lowest BCUT2D eigenvalue weighted by Gasteiger charge is -2.16. The number of rotatable bonds is 3. The Hall–Kier alpha value is -1.70. The van der Waals surface area contributed by atoms with Gasteiger partial charge in [-0.2, -0.15) is 4.31 Å². The zero-order valence-electron chi connectivity index (χ0n) is 12.8. The highest BCUT2D eigenvalue weighted by Crippen LogP contribution is 2.53. The Morgan fingerprint density at radius 1 is 1.30 bits per heavy atom. The predicted molar refractivity (Wildman–Crippen MR) is 83.1 cm³/mol. The Kier molecular flexibility index (Phi) is 3.16. The van der Waals surface area contributed by atoms with Gasteiger partial charge in [-0.25, -0.2) is 13.4 Å². The molecule has 122 valence electrons. The van der Waals surface area contributed by atoms with E-state index in [0.29, 0.717) is 18.1 Å². The van der Waals surface area contributed by atoms with Crippen molar-refractivity contribution in [1.82, 2.24) is 9.29 Å². The summed E-state index contributed by atoms with van der Waals surface area (Å²) < 4.78 is 32.0. The Morgan fingerprint density at radius 2 is 2.00 bits per heavy atom. The summed E-state index contributed by atoms with van der Waals surface area (Å²) >= 11 is 0. The van der Waals surface area contributed by atoms with Crippen LogP contribution in [-0.4, -0.2) is 42.0 Å². The maximum Gasteiger partial charge on any atom is 0.243 e. The quantitative estimate of drug-likeness (QED) is 0.925. The largest absolute Gasteiger partial charge is 0.449 e. The predicted octanol–water partition coefficient (Wildman–Crippen LogP) is 1.80. The molecule has 2 aliphatic rings. The number of hydrogen-bond donors (Lipinski definition) is 1. The molecule has 1 unspecified atom stereocenters. The molecule has 1 N–H and O–H groups in total. The molecule has 6 nitrogen and oxygen atoms in total. The maximum atomic E-state index is 12.7. The molecule has 2 heterocycles. The van der Waals surface area contributed by atoms with Crippen LogP contribution < -0.4 is 0 Å². The SMILES string of the molecule is Cc1nc(-c2ccc(S(=O)(=O)N3CC(O)C4(CC4)C3)cc2)co1. The zero-order valence-corrected chi connectivity index (χ0v) is 13.6. The molecule has 1 saturated carbocycles. The van der Waals surface area contributed by atoms with Crippen molar-refractivity contribution >= 4 is 10.0 Å². The van der Waals surface area contributed by atoms with Gasteiger partial charge in [-0.05, 0) is 25.0 Å². The van der Waals surface area contributed by atoms with E-state index in [1.807, 2.05) is 0 Å². The van der Waals surface area contributed by atoms with E-state index in [2.05, 4.69) is 4.98 Å². The Bertz CT molecular complexity index is 837. The molecule has 0 bridgehead atoms. The smallest absolute Gasteiger partial charge is 0.243 e. The number of β-amino-alcohol motifs (C(OH)–C–C–N with tert-alkyl or cyclic N) is 1. The van der Waals surface area contributed by atoms with Crippen LogP contribution in [0.25, 0.3) is 11.3 Å². The average Bonchev–Trinajstić information content (AvgIpc) is 3.06. The average molecular weight is 334 g/mol. The van der Waals surface area contributed by atoms with Crippen molar-refractivity contribution in [2.45, 2.75) is 30.8 Å².